The highest BCUT2D eigenvalue weighted by atomic mass is 32.2. The van der Waals surface area contributed by atoms with Crippen LogP contribution in [0.1, 0.15) is 70.0 Å². The van der Waals surface area contributed by atoms with E-state index in [0.717, 1.165) is 11.3 Å². The van der Waals surface area contributed by atoms with Crippen molar-refractivity contribution >= 4 is 17.7 Å². The van der Waals surface area contributed by atoms with Crippen LogP contribution in [0.15, 0.2) is 12.1 Å². The van der Waals surface area contributed by atoms with Gasteiger partial charge in [-0.15, -0.1) is 11.8 Å². The average molecular weight is 380 g/mol. The molecule has 2 rings (SSSR count). The number of hydrogen-bond donors (Lipinski definition) is 1. The number of thioether (sulfide) groups is 1. The lowest BCUT2D eigenvalue weighted by molar-refractivity contribution is -0.128. The highest BCUT2D eigenvalue weighted by molar-refractivity contribution is 8.00. The number of aliphatic hydroxyl groups is 1. The minimum Gasteiger partial charge on any atom is -0.496 e. The number of rotatable bonds is 5. The van der Waals surface area contributed by atoms with Crippen molar-refractivity contribution < 1.29 is 14.6 Å². The summed E-state index contributed by atoms with van der Waals surface area (Å²) in [5.74, 6) is 1.60. The molecule has 0 bridgehead atoms. The molecule has 1 saturated heterocycles. The molecule has 1 aliphatic heterocycles. The van der Waals surface area contributed by atoms with Crippen LogP contribution in [0.25, 0.3) is 0 Å². The van der Waals surface area contributed by atoms with Crippen molar-refractivity contribution in [2.45, 2.75) is 64.2 Å². The van der Waals surface area contributed by atoms with E-state index < -0.39 is 0 Å². The van der Waals surface area contributed by atoms with Gasteiger partial charge in [0.2, 0.25) is 5.91 Å². The molecule has 1 aromatic rings. The average Bonchev–Trinajstić information content (AvgIpc) is 2.90. The van der Waals surface area contributed by atoms with E-state index in [1.54, 1.807) is 18.9 Å². The molecule has 0 radical (unpaired) electrons. The largest absolute Gasteiger partial charge is 0.496 e. The fourth-order valence-corrected chi connectivity index (χ4v) is 4.54. The smallest absolute Gasteiger partial charge is 0.233 e. The van der Waals surface area contributed by atoms with E-state index >= 15 is 0 Å². The van der Waals surface area contributed by atoms with E-state index in [-0.39, 0.29) is 28.7 Å². The Morgan fingerprint density at radius 1 is 1.15 bits per heavy atom. The fraction of sp³-hybridized carbons (Fsp3) is 0.667. The number of aliphatic hydroxyl groups excluding tert-OH is 1. The van der Waals surface area contributed by atoms with Crippen molar-refractivity contribution in [1.29, 1.82) is 0 Å². The summed E-state index contributed by atoms with van der Waals surface area (Å²) in [6.07, 6.45) is 0.608. The predicted octanol–water partition coefficient (Wildman–Crippen LogP) is 4.25. The zero-order chi connectivity index (χ0) is 19.7. The Hall–Kier alpha value is -1.20. The Bertz CT molecular complexity index is 623. The molecule has 4 nitrogen and oxygen atoms in total. The lowest BCUT2D eigenvalue weighted by Gasteiger charge is -2.32. The summed E-state index contributed by atoms with van der Waals surface area (Å²) in [6.45, 7) is 13.8. The quantitative estimate of drug-likeness (QED) is 0.831. The van der Waals surface area contributed by atoms with Crippen LogP contribution in [0.5, 0.6) is 5.75 Å². The molecule has 1 fully saturated rings. The second-order valence-electron chi connectivity index (χ2n) is 8.98. The van der Waals surface area contributed by atoms with Crippen molar-refractivity contribution in [2.24, 2.45) is 0 Å². The van der Waals surface area contributed by atoms with Crippen LogP contribution < -0.4 is 4.74 Å². The summed E-state index contributed by atoms with van der Waals surface area (Å²) in [7, 11) is 1.74. The van der Waals surface area contributed by atoms with Gasteiger partial charge >= 0.3 is 0 Å². The molecular weight excluding hydrogens is 346 g/mol. The first-order valence-corrected chi connectivity index (χ1v) is 10.3. The third kappa shape index (κ3) is 4.37. The van der Waals surface area contributed by atoms with Gasteiger partial charge in [-0.05, 0) is 34.9 Å². The molecule has 5 heteroatoms. The second-order valence-corrected chi connectivity index (χ2v) is 10.0. The highest BCUT2D eigenvalue weighted by Crippen LogP contribution is 2.46. The Labute approximate surface area is 162 Å². The number of carbonyl (C=O) groups excluding carboxylic acids is 1. The highest BCUT2D eigenvalue weighted by Gasteiger charge is 2.35. The molecule has 0 saturated carbocycles. The van der Waals surface area contributed by atoms with E-state index in [9.17, 15) is 9.90 Å². The van der Waals surface area contributed by atoms with Gasteiger partial charge in [-0.3, -0.25) is 4.79 Å². The minimum atomic E-state index is -0.0649. The normalized spacial score (nSPS) is 18.5. The monoisotopic (exact) mass is 379 g/mol. The molecule has 1 aliphatic rings. The molecule has 0 aromatic heterocycles. The van der Waals surface area contributed by atoms with Crippen LogP contribution in [-0.2, 0) is 15.6 Å². The first-order chi connectivity index (χ1) is 12.0. The van der Waals surface area contributed by atoms with Gasteiger partial charge in [0.05, 0.1) is 12.9 Å². The third-order valence-electron chi connectivity index (χ3n) is 4.74. The molecule has 0 aliphatic carbocycles. The number of amides is 1. The van der Waals surface area contributed by atoms with E-state index in [0.29, 0.717) is 18.7 Å². The molecule has 0 spiro atoms. The van der Waals surface area contributed by atoms with Crippen molar-refractivity contribution in [2.75, 3.05) is 26.0 Å². The van der Waals surface area contributed by atoms with Gasteiger partial charge in [0, 0.05) is 24.3 Å². The second kappa shape index (κ2) is 7.81. The van der Waals surface area contributed by atoms with E-state index in [1.807, 2.05) is 4.90 Å². The Morgan fingerprint density at radius 2 is 1.69 bits per heavy atom. The molecule has 1 heterocycles. The van der Waals surface area contributed by atoms with Crippen LogP contribution in [-0.4, -0.2) is 41.9 Å². The van der Waals surface area contributed by atoms with Crippen molar-refractivity contribution in [1.82, 2.24) is 4.90 Å². The summed E-state index contributed by atoms with van der Waals surface area (Å²) in [4.78, 5) is 14.3. The van der Waals surface area contributed by atoms with E-state index in [4.69, 9.17) is 4.74 Å². The first-order valence-electron chi connectivity index (χ1n) is 9.25. The van der Waals surface area contributed by atoms with Crippen LogP contribution in [0.2, 0.25) is 0 Å². The number of ether oxygens (including phenoxy) is 1. The molecule has 1 amide bonds. The maximum atomic E-state index is 12.3. The van der Waals surface area contributed by atoms with Gasteiger partial charge in [-0.1, -0.05) is 41.5 Å². The minimum absolute atomic E-state index is 0.00200. The van der Waals surface area contributed by atoms with Gasteiger partial charge in [0.15, 0.2) is 0 Å². The predicted molar refractivity (Wildman–Crippen MR) is 109 cm³/mol. The Kier molecular flexibility index (Phi) is 6.34. The number of benzene rings is 1. The van der Waals surface area contributed by atoms with Crippen LogP contribution in [0, 0.1) is 0 Å². The molecule has 1 unspecified atom stereocenters. The molecule has 1 aromatic carbocycles. The topological polar surface area (TPSA) is 49.8 Å². The maximum absolute atomic E-state index is 12.3. The van der Waals surface area contributed by atoms with Gasteiger partial charge < -0.3 is 14.7 Å². The summed E-state index contributed by atoms with van der Waals surface area (Å²) >= 11 is 1.67. The van der Waals surface area contributed by atoms with Gasteiger partial charge in [0.25, 0.3) is 0 Å². The Balaban J connectivity index is 2.60. The maximum Gasteiger partial charge on any atom is 0.233 e. The van der Waals surface area contributed by atoms with Crippen LogP contribution in [0.4, 0.5) is 0 Å². The lowest BCUT2D eigenvalue weighted by Crippen LogP contribution is -2.30. The van der Waals surface area contributed by atoms with Crippen molar-refractivity contribution in [3.63, 3.8) is 0 Å². The summed E-state index contributed by atoms with van der Waals surface area (Å²) < 4.78 is 5.84. The van der Waals surface area contributed by atoms with E-state index in [1.165, 1.54) is 11.1 Å². The summed E-state index contributed by atoms with van der Waals surface area (Å²) in [6, 6.07) is 4.41. The van der Waals surface area contributed by atoms with Crippen LogP contribution >= 0.6 is 11.8 Å². The SMILES string of the molecule is COc1c(C(C)(C)C)cc(C2SCC(=O)N2CCCO)cc1C(C)(C)C. The molecule has 1 atom stereocenters. The zero-order valence-electron chi connectivity index (χ0n) is 17.2. The molecule has 1 N–H and O–H groups in total. The number of nitrogens with zero attached hydrogens (tertiary/aromatic N) is 1. The van der Waals surface area contributed by atoms with Gasteiger partial charge in [-0.25, -0.2) is 0 Å². The van der Waals surface area contributed by atoms with Crippen molar-refractivity contribution in [3.05, 3.63) is 28.8 Å². The molecular formula is C21H33NO3S. The van der Waals surface area contributed by atoms with Crippen molar-refractivity contribution in [3.8, 4) is 5.75 Å². The molecule has 146 valence electrons. The van der Waals surface area contributed by atoms with E-state index in [2.05, 4.69) is 53.7 Å². The third-order valence-corrected chi connectivity index (χ3v) is 6.00. The van der Waals surface area contributed by atoms with Gasteiger partial charge in [0.1, 0.15) is 11.1 Å². The summed E-state index contributed by atoms with van der Waals surface area (Å²) in [5, 5.41) is 9.18. The fourth-order valence-electron chi connectivity index (χ4n) is 3.34. The first kappa shape index (κ1) is 21.1. The number of carbonyl (C=O) groups is 1. The summed E-state index contributed by atoms with van der Waals surface area (Å²) in [5.41, 5.74) is 3.36. The Morgan fingerprint density at radius 3 is 2.12 bits per heavy atom. The molecule has 26 heavy (non-hydrogen) atoms. The lowest BCUT2D eigenvalue weighted by atomic mass is 9.78. The van der Waals surface area contributed by atoms with Crippen LogP contribution in [0.3, 0.4) is 0 Å². The standard InChI is InChI=1S/C21H33NO3S/c1-20(2,3)15-11-14(12-16(18(15)25-7)21(4,5)6)19-22(9-8-10-23)17(24)13-26-19/h11-12,19,23H,8-10,13H2,1-7H3. The number of hydrogen-bond acceptors (Lipinski definition) is 4. The van der Waals surface area contributed by atoms with Gasteiger partial charge in [-0.2, -0.15) is 0 Å². The zero-order valence-corrected chi connectivity index (χ0v) is 18.0. The number of methoxy groups -OCH3 is 1.